The SMILES string of the molecule is Cc1ccc([C@@H]2CCN[C@@H](C)C2)cc1. The lowest BCUT2D eigenvalue weighted by atomic mass is 9.87. The van der Waals surface area contributed by atoms with Crippen molar-refractivity contribution in [1.29, 1.82) is 0 Å². The maximum atomic E-state index is 3.49. The van der Waals surface area contributed by atoms with Crippen LogP contribution in [0.25, 0.3) is 0 Å². The third-order valence-electron chi connectivity index (χ3n) is 3.17. The lowest BCUT2D eigenvalue weighted by Crippen LogP contribution is -2.34. The summed E-state index contributed by atoms with van der Waals surface area (Å²) >= 11 is 0. The van der Waals surface area contributed by atoms with Crippen LogP contribution in [0.15, 0.2) is 24.3 Å². The molecule has 2 rings (SSSR count). The normalized spacial score (nSPS) is 27.6. The molecule has 1 nitrogen and oxygen atoms in total. The van der Waals surface area contributed by atoms with Crippen molar-refractivity contribution in [2.24, 2.45) is 0 Å². The molecule has 1 N–H and O–H groups in total. The van der Waals surface area contributed by atoms with E-state index in [0.717, 1.165) is 5.92 Å². The summed E-state index contributed by atoms with van der Waals surface area (Å²) in [5.41, 5.74) is 2.87. The summed E-state index contributed by atoms with van der Waals surface area (Å²) in [5.74, 6) is 0.770. The maximum absolute atomic E-state index is 3.49. The van der Waals surface area contributed by atoms with Crippen LogP contribution < -0.4 is 5.32 Å². The molecule has 0 saturated carbocycles. The summed E-state index contributed by atoms with van der Waals surface area (Å²) in [6, 6.07) is 9.70. The fourth-order valence-electron chi connectivity index (χ4n) is 2.27. The van der Waals surface area contributed by atoms with Crippen LogP contribution in [0.2, 0.25) is 0 Å². The van der Waals surface area contributed by atoms with Crippen LogP contribution in [0, 0.1) is 6.92 Å². The molecular weight excluding hydrogens is 170 g/mol. The number of hydrogen-bond donors (Lipinski definition) is 1. The van der Waals surface area contributed by atoms with Gasteiger partial charge in [-0.3, -0.25) is 0 Å². The van der Waals surface area contributed by atoms with Gasteiger partial charge in [-0.2, -0.15) is 0 Å². The van der Waals surface area contributed by atoms with Gasteiger partial charge in [-0.15, -0.1) is 0 Å². The monoisotopic (exact) mass is 189 g/mol. The molecule has 0 unspecified atom stereocenters. The van der Waals surface area contributed by atoms with Gasteiger partial charge in [-0.25, -0.2) is 0 Å². The zero-order valence-corrected chi connectivity index (χ0v) is 9.09. The molecule has 1 aliphatic heterocycles. The molecule has 1 aromatic carbocycles. The second-order valence-corrected chi connectivity index (χ2v) is 4.49. The van der Waals surface area contributed by atoms with Crippen molar-refractivity contribution in [1.82, 2.24) is 5.32 Å². The summed E-state index contributed by atoms with van der Waals surface area (Å²) in [5, 5.41) is 3.49. The van der Waals surface area contributed by atoms with Crippen LogP contribution >= 0.6 is 0 Å². The standard InChI is InChI=1S/C13H19N/c1-10-3-5-12(6-4-10)13-7-8-14-11(2)9-13/h3-6,11,13-14H,7-9H2,1-2H3/t11-,13+/m0/s1. The Bertz CT molecular complexity index is 289. The Kier molecular flexibility index (Phi) is 2.87. The maximum Gasteiger partial charge on any atom is 0.00445 e. The molecular formula is C13H19N. The number of piperidine rings is 1. The van der Waals surface area contributed by atoms with E-state index in [4.69, 9.17) is 0 Å². The van der Waals surface area contributed by atoms with Gasteiger partial charge in [0.2, 0.25) is 0 Å². The van der Waals surface area contributed by atoms with Gasteiger partial charge in [0, 0.05) is 6.04 Å². The molecule has 0 aliphatic carbocycles. The van der Waals surface area contributed by atoms with Crippen LogP contribution in [-0.2, 0) is 0 Å². The Hall–Kier alpha value is -0.820. The average Bonchev–Trinajstić information content (AvgIpc) is 2.19. The molecule has 1 saturated heterocycles. The van der Waals surface area contributed by atoms with Crippen LogP contribution in [0.4, 0.5) is 0 Å². The van der Waals surface area contributed by atoms with Crippen molar-refractivity contribution in [3.8, 4) is 0 Å². The van der Waals surface area contributed by atoms with Crippen LogP contribution in [0.3, 0.4) is 0 Å². The summed E-state index contributed by atoms with van der Waals surface area (Å²) in [6.45, 7) is 5.59. The van der Waals surface area contributed by atoms with Crippen molar-refractivity contribution in [3.05, 3.63) is 35.4 Å². The van der Waals surface area contributed by atoms with E-state index < -0.39 is 0 Å². The molecule has 0 bridgehead atoms. The lowest BCUT2D eigenvalue weighted by molar-refractivity contribution is 0.381. The largest absolute Gasteiger partial charge is 0.314 e. The molecule has 0 aromatic heterocycles. The fraction of sp³-hybridized carbons (Fsp3) is 0.538. The van der Waals surface area contributed by atoms with Gasteiger partial charge in [-0.05, 0) is 44.7 Å². The number of rotatable bonds is 1. The molecule has 2 atom stereocenters. The van der Waals surface area contributed by atoms with E-state index in [1.54, 1.807) is 0 Å². The van der Waals surface area contributed by atoms with Crippen molar-refractivity contribution in [2.45, 2.75) is 38.6 Å². The van der Waals surface area contributed by atoms with E-state index in [1.165, 1.54) is 30.5 Å². The van der Waals surface area contributed by atoms with E-state index in [-0.39, 0.29) is 0 Å². The summed E-state index contributed by atoms with van der Waals surface area (Å²) in [4.78, 5) is 0. The first-order valence-electron chi connectivity index (χ1n) is 5.55. The quantitative estimate of drug-likeness (QED) is 0.716. The van der Waals surface area contributed by atoms with Crippen LogP contribution in [-0.4, -0.2) is 12.6 Å². The molecule has 0 radical (unpaired) electrons. The minimum atomic E-state index is 0.676. The number of nitrogens with one attached hydrogen (secondary N) is 1. The third kappa shape index (κ3) is 2.16. The molecule has 14 heavy (non-hydrogen) atoms. The predicted octanol–water partition coefficient (Wildman–Crippen LogP) is 2.85. The van der Waals surface area contributed by atoms with Gasteiger partial charge in [0.1, 0.15) is 0 Å². The highest BCUT2D eigenvalue weighted by Gasteiger charge is 2.19. The minimum Gasteiger partial charge on any atom is -0.314 e. The molecule has 0 amide bonds. The summed E-state index contributed by atoms with van der Waals surface area (Å²) < 4.78 is 0. The molecule has 0 spiro atoms. The van der Waals surface area contributed by atoms with Gasteiger partial charge in [0.15, 0.2) is 0 Å². The highest BCUT2D eigenvalue weighted by Crippen LogP contribution is 2.27. The highest BCUT2D eigenvalue weighted by atomic mass is 14.9. The first kappa shape index (κ1) is 9.72. The molecule has 1 aliphatic rings. The second kappa shape index (κ2) is 4.14. The smallest absolute Gasteiger partial charge is 0.00445 e. The average molecular weight is 189 g/mol. The van der Waals surface area contributed by atoms with Gasteiger partial charge >= 0.3 is 0 Å². The molecule has 1 fully saturated rings. The number of aryl methyl sites for hydroxylation is 1. The summed E-state index contributed by atoms with van der Waals surface area (Å²) in [6.07, 6.45) is 2.57. The van der Waals surface area contributed by atoms with Crippen LogP contribution in [0.1, 0.15) is 36.8 Å². The van der Waals surface area contributed by atoms with E-state index in [1.807, 2.05) is 0 Å². The van der Waals surface area contributed by atoms with Gasteiger partial charge in [0.25, 0.3) is 0 Å². The van der Waals surface area contributed by atoms with E-state index >= 15 is 0 Å². The van der Waals surface area contributed by atoms with E-state index in [9.17, 15) is 0 Å². The predicted molar refractivity (Wildman–Crippen MR) is 60.6 cm³/mol. The first-order valence-corrected chi connectivity index (χ1v) is 5.55. The van der Waals surface area contributed by atoms with E-state index in [0.29, 0.717) is 6.04 Å². The van der Waals surface area contributed by atoms with Gasteiger partial charge in [0.05, 0.1) is 0 Å². The summed E-state index contributed by atoms with van der Waals surface area (Å²) in [7, 11) is 0. The number of benzene rings is 1. The van der Waals surface area contributed by atoms with Gasteiger partial charge in [-0.1, -0.05) is 29.8 Å². The Morgan fingerprint density at radius 2 is 1.93 bits per heavy atom. The highest BCUT2D eigenvalue weighted by molar-refractivity contribution is 5.25. The Balaban J connectivity index is 2.10. The first-order chi connectivity index (χ1) is 6.75. The van der Waals surface area contributed by atoms with Crippen molar-refractivity contribution in [2.75, 3.05) is 6.54 Å². The van der Waals surface area contributed by atoms with Crippen molar-refractivity contribution in [3.63, 3.8) is 0 Å². The topological polar surface area (TPSA) is 12.0 Å². The molecule has 76 valence electrons. The number of hydrogen-bond acceptors (Lipinski definition) is 1. The Labute approximate surface area is 86.5 Å². The Morgan fingerprint density at radius 1 is 1.21 bits per heavy atom. The van der Waals surface area contributed by atoms with E-state index in [2.05, 4.69) is 43.4 Å². The molecule has 1 heterocycles. The third-order valence-corrected chi connectivity index (χ3v) is 3.17. The van der Waals surface area contributed by atoms with Crippen molar-refractivity contribution >= 4 is 0 Å². The second-order valence-electron chi connectivity index (χ2n) is 4.49. The van der Waals surface area contributed by atoms with Crippen molar-refractivity contribution < 1.29 is 0 Å². The fourth-order valence-corrected chi connectivity index (χ4v) is 2.27. The Morgan fingerprint density at radius 3 is 2.57 bits per heavy atom. The lowest BCUT2D eigenvalue weighted by Gasteiger charge is -2.28. The van der Waals surface area contributed by atoms with Crippen LogP contribution in [0.5, 0.6) is 0 Å². The minimum absolute atomic E-state index is 0.676. The zero-order valence-electron chi connectivity index (χ0n) is 9.09. The zero-order chi connectivity index (χ0) is 9.97. The molecule has 1 aromatic rings. The van der Waals surface area contributed by atoms with Gasteiger partial charge < -0.3 is 5.32 Å². The molecule has 1 heteroatoms.